The van der Waals surface area contributed by atoms with Crippen molar-refractivity contribution in [1.29, 1.82) is 0 Å². The highest BCUT2D eigenvalue weighted by molar-refractivity contribution is 5.97. The fourth-order valence-corrected chi connectivity index (χ4v) is 5.11. The third-order valence-electron chi connectivity index (χ3n) is 7.38. The van der Waals surface area contributed by atoms with Gasteiger partial charge in [-0.2, -0.15) is 13.2 Å². The van der Waals surface area contributed by atoms with Gasteiger partial charge in [-0.1, -0.05) is 49.1 Å². The van der Waals surface area contributed by atoms with Crippen molar-refractivity contribution in [3.05, 3.63) is 88.6 Å². The van der Waals surface area contributed by atoms with Crippen LogP contribution in [0.15, 0.2) is 71.4 Å². The second-order valence-corrected chi connectivity index (χ2v) is 9.78. The van der Waals surface area contributed by atoms with E-state index in [-0.39, 0.29) is 24.1 Å². The first-order valence-corrected chi connectivity index (χ1v) is 12.2. The van der Waals surface area contributed by atoms with Crippen molar-refractivity contribution in [2.45, 2.75) is 49.6 Å². The number of carbonyl (C=O) groups is 1. The number of carbonyl (C=O) groups excluding carboxylic acids is 1. The van der Waals surface area contributed by atoms with Gasteiger partial charge in [0.2, 0.25) is 0 Å². The normalized spacial score (nSPS) is 21.8. The molecule has 1 saturated carbocycles. The molecule has 1 unspecified atom stereocenters. The molecule has 5 rings (SSSR count). The van der Waals surface area contributed by atoms with Crippen LogP contribution in [-0.4, -0.2) is 46.2 Å². The van der Waals surface area contributed by atoms with E-state index in [1.807, 2.05) is 18.2 Å². The Balaban J connectivity index is 1.38. The summed E-state index contributed by atoms with van der Waals surface area (Å²) in [6.45, 7) is 4.14. The number of aliphatic imine (C=N–C) groups is 1. The third kappa shape index (κ3) is 4.81. The number of benzene rings is 2. The zero-order valence-corrected chi connectivity index (χ0v) is 20.1. The van der Waals surface area contributed by atoms with E-state index in [1.165, 1.54) is 17.0 Å². The average molecular weight is 512 g/mol. The lowest BCUT2D eigenvalue weighted by molar-refractivity contribution is -0.141. The number of alkyl halides is 3. The van der Waals surface area contributed by atoms with Gasteiger partial charge in [-0.05, 0) is 54.5 Å². The van der Waals surface area contributed by atoms with Crippen molar-refractivity contribution in [2.24, 2.45) is 4.99 Å². The molecular weight excluding hydrogens is 483 g/mol. The Morgan fingerprint density at radius 1 is 1.22 bits per heavy atom. The number of allylic oxidation sites excluding steroid dienone is 1. The summed E-state index contributed by atoms with van der Waals surface area (Å²) in [6.07, 6.45) is -2.75. The lowest BCUT2D eigenvalue weighted by atomic mass is 9.91. The maximum absolute atomic E-state index is 13.1. The minimum Gasteiger partial charge on any atom is -0.378 e. The molecule has 1 aliphatic carbocycles. The van der Waals surface area contributed by atoms with Crippen LogP contribution in [-0.2, 0) is 16.4 Å². The zero-order valence-electron chi connectivity index (χ0n) is 20.1. The van der Waals surface area contributed by atoms with E-state index in [1.54, 1.807) is 6.08 Å². The summed E-state index contributed by atoms with van der Waals surface area (Å²) in [7, 11) is 0. The summed E-state index contributed by atoms with van der Waals surface area (Å²) in [5, 5.41) is 24.8. The molecule has 0 aromatic heterocycles. The van der Waals surface area contributed by atoms with E-state index in [0.29, 0.717) is 29.9 Å². The van der Waals surface area contributed by atoms with Crippen molar-refractivity contribution < 1.29 is 28.2 Å². The quantitative estimate of drug-likeness (QED) is 0.559. The van der Waals surface area contributed by atoms with Crippen molar-refractivity contribution in [3.8, 4) is 0 Å². The molecule has 0 spiro atoms. The second kappa shape index (κ2) is 9.46. The standard InChI is InChI=1S/C28H28F3N3O3/c1-2-17-6-3-8-19(14-17)27(11-12-27)26-32-22-10-5-13-34(16-21(22)24(36)33-26)25(37)23(35)18-7-4-9-20(15-18)28(29,30)31/h2-4,6-9,14-15,23-24,35-36H,1,5,10-13,16H2,(H,32,33)/t23-,24?/m1/s1. The van der Waals surface area contributed by atoms with Gasteiger partial charge in [0.05, 0.1) is 11.0 Å². The van der Waals surface area contributed by atoms with Gasteiger partial charge >= 0.3 is 6.18 Å². The van der Waals surface area contributed by atoms with E-state index >= 15 is 0 Å². The predicted molar refractivity (Wildman–Crippen MR) is 133 cm³/mol. The van der Waals surface area contributed by atoms with Gasteiger partial charge in [-0.25, -0.2) is 4.99 Å². The lowest BCUT2D eigenvalue weighted by Gasteiger charge is -2.32. The van der Waals surface area contributed by atoms with Crippen molar-refractivity contribution in [1.82, 2.24) is 10.2 Å². The molecule has 2 aromatic carbocycles. The van der Waals surface area contributed by atoms with Crippen molar-refractivity contribution in [3.63, 3.8) is 0 Å². The zero-order chi connectivity index (χ0) is 26.4. The Bertz CT molecular complexity index is 1300. The van der Waals surface area contributed by atoms with Gasteiger partial charge in [-0.3, -0.25) is 4.79 Å². The molecule has 1 amide bonds. The minimum absolute atomic E-state index is 0.0219. The molecular formula is C28H28F3N3O3. The number of rotatable bonds is 5. The molecule has 6 nitrogen and oxygen atoms in total. The fourth-order valence-electron chi connectivity index (χ4n) is 5.11. The number of hydrogen-bond acceptors (Lipinski definition) is 5. The van der Waals surface area contributed by atoms with Crippen LogP contribution in [0.5, 0.6) is 0 Å². The van der Waals surface area contributed by atoms with Crippen LogP contribution in [0.4, 0.5) is 13.2 Å². The number of amidine groups is 1. The van der Waals surface area contributed by atoms with E-state index in [9.17, 15) is 28.2 Å². The highest BCUT2D eigenvalue weighted by Gasteiger charge is 2.51. The first-order chi connectivity index (χ1) is 17.6. The molecule has 2 atom stereocenters. The summed E-state index contributed by atoms with van der Waals surface area (Å²) < 4.78 is 39.3. The fraction of sp³-hybridized carbons (Fsp3) is 0.357. The van der Waals surface area contributed by atoms with Crippen LogP contribution in [0.3, 0.4) is 0 Å². The number of aliphatic hydroxyl groups excluding tert-OH is 2. The van der Waals surface area contributed by atoms with Crippen LogP contribution in [0, 0.1) is 0 Å². The molecule has 0 bridgehead atoms. The summed E-state index contributed by atoms with van der Waals surface area (Å²) in [5.41, 5.74) is 1.97. The second-order valence-electron chi connectivity index (χ2n) is 9.78. The van der Waals surface area contributed by atoms with Gasteiger partial charge in [0.15, 0.2) is 12.3 Å². The van der Waals surface area contributed by atoms with E-state index in [2.05, 4.69) is 18.0 Å². The number of halogens is 3. The van der Waals surface area contributed by atoms with Gasteiger partial charge in [0, 0.05) is 24.4 Å². The smallest absolute Gasteiger partial charge is 0.378 e. The van der Waals surface area contributed by atoms with Gasteiger partial charge in [0.1, 0.15) is 5.84 Å². The van der Waals surface area contributed by atoms with Crippen LogP contribution in [0.25, 0.3) is 6.08 Å². The molecule has 194 valence electrons. The Morgan fingerprint density at radius 3 is 2.68 bits per heavy atom. The van der Waals surface area contributed by atoms with E-state index in [4.69, 9.17) is 4.99 Å². The maximum atomic E-state index is 13.1. The summed E-state index contributed by atoms with van der Waals surface area (Å²) in [4.78, 5) is 19.4. The molecule has 0 saturated heterocycles. The van der Waals surface area contributed by atoms with E-state index < -0.39 is 30.0 Å². The summed E-state index contributed by atoms with van der Waals surface area (Å²) in [5.74, 6) is -0.0151. The maximum Gasteiger partial charge on any atom is 0.416 e. The topological polar surface area (TPSA) is 85.2 Å². The Morgan fingerprint density at radius 2 is 1.97 bits per heavy atom. The third-order valence-corrected chi connectivity index (χ3v) is 7.38. The molecule has 2 aromatic rings. The largest absolute Gasteiger partial charge is 0.416 e. The molecule has 2 aliphatic heterocycles. The highest BCUT2D eigenvalue weighted by atomic mass is 19.4. The number of nitrogens with one attached hydrogen (secondary N) is 1. The first-order valence-electron chi connectivity index (χ1n) is 12.2. The summed E-state index contributed by atoms with van der Waals surface area (Å²) in [6, 6.07) is 12.2. The average Bonchev–Trinajstić information content (AvgIpc) is 3.72. The molecule has 0 radical (unpaired) electrons. The lowest BCUT2D eigenvalue weighted by Crippen LogP contribution is -2.48. The molecule has 9 heteroatoms. The Labute approximate surface area is 212 Å². The molecule has 1 fully saturated rings. The molecule has 37 heavy (non-hydrogen) atoms. The van der Waals surface area contributed by atoms with Crippen molar-refractivity contribution in [2.75, 3.05) is 13.1 Å². The van der Waals surface area contributed by atoms with E-state index in [0.717, 1.165) is 36.1 Å². The monoisotopic (exact) mass is 511 g/mol. The van der Waals surface area contributed by atoms with Gasteiger partial charge in [0.25, 0.3) is 5.91 Å². The number of aliphatic hydroxyl groups is 2. The molecule has 2 heterocycles. The van der Waals surface area contributed by atoms with Crippen LogP contribution in [0.2, 0.25) is 0 Å². The molecule has 3 aliphatic rings. The van der Waals surface area contributed by atoms with Crippen LogP contribution < -0.4 is 5.32 Å². The van der Waals surface area contributed by atoms with Gasteiger partial charge < -0.3 is 20.4 Å². The number of amides is 1. The first kappa shape index (κ1) is 25.2. The number of hydrogen-bond donors (Lipinski definition) is 3. The predicted octanol–water partition coefficient (Wildman–Crippen LogP) is 4.31. The van der Waals surface area contributed by atoms with Crippen LogP contribution in [0.1, 0.15) is 54.0 Å². The van der Waals surface area contributed by atoms with Crippen molar-refractivity contribution >= 4 is 17.8 Å². The highest BCUT2D eigenvalue weighted by Crippen LogP contribution is 2.50. The molecule has 3 N–H and O–H groups in total. The minimum atomic E-state index is -4.58. The van der Waals surface area contributed by atoms with Crippen LogP contribution >= 0.6 is 0 Å². The SMILES string of the molecule is C=Cc1cccc(C2(C3=NC4=C(CN(C(=O)[C@H](O)c5cccc(C(F)(F)F)c5)CCC4)C(O)N3)CC2)c1. The summed E-state index contributed by atoms with van der Waals surface area (Å²) >= 11 is 0. The Kier molecular flexibility index (Phi) is 6.45. The Hall–Kier alpha value is -3.43. The van der Waals surface area contributed by atoms with Gasteiger partial charge in [-0.15, -0.1) is 0 Å². The number of nitrogens with zero attached hydrogens (tertiary/aromatic N) is 2.